The first-order valence-electron chi connectivity index (χ1n) is 18.4. The number of aromatic nitrogens is 1. The van der Waals surface area contributed by atoms with E-state index in [1.165, 1.54) is 70.9 Å². The van der Waals surface area contributed by atoms with Crippen molar-refractivity contribution in [3.8, 4) is 11.1 Å². The van der Waals surface area contributed by atoms with Gasteiger partial charge in [-0.15, -0.1) is 0 Å². The van der Waals surface area contributed by atoms with E-state index in [2.05, 4.69) is 95.4 Å². The molecule has 8 aromatic rings. The van der Waals surface area contributed by atoms with Crippen LogP contribution in [0.1, 0.15) is 83.2 Å². The van der Waals surface area contributed by atoms with Gasteiger partial charge in [0, 0.05) is 43.5 Å². The number of hydrogen-bond donors (Lipinski definition) is 0. The molecular weight excluding hydrogens is 599 g/mol. The summed E-state index contributed by atoms with van der Waals surface area (Å²) in [6.07, 6.45) is 10.4. The zero-order valence-electron chi connectivity index (χ0n) is 27.5. The molecule has 4 aliphatic carbocycles. The van der Waals surface area contributed by atoms with Crippen LogP contribution in [0, 0.1) is 10.8 Å². The lowest BCUT2D eigenvalue weighted by Crippen LogP contribution is -2.23. The van der Waals surface area contributed by atoms with E-state index in [0.29, 0.717) is 11.6 Å². The molecule has 12 rings (SSSR count). The minimum absolute atomic E-state index is 0.205. The second-order valence-corrected chi connectivity index (χ2v) is 16.0. The fourth-order valence-electron chi connectivity index (χ4n) is 11.3. The summed E-state index contributed by atoms with van der Waals surface area (Å²) < 4.78 is 2.40. The molecule has 6 aromatic carbocycles. The second-order valence-electron chi connectivity index (χ2n) is 16.0. The number of carbonyl (C=O) groups excluding carboxylic acids is 2. The highest BCUT2D eigenvalue weighted by Gasteiger charge is 2.48. The van der Waals surface area contributed by atoms with E-state index in [4.69, 9.17) is 0 Å². The summed E-state index contributed by atoms with van der Waals surface area (Å²) in [6.45, 7) is 0. The minimum Gasteiger partial charge on any atom is -0.308 e. The van der Waals surface area contributed by atoms with Gasteiger partial charge >= 0.3 is 0 Å². The predicted molar refractivity (Wildman–Crippen MR) is 199 cm³/mol. The van der Waals surface area contributed by atoms with Crippen LogP contribution in [0.2, 0.25) is 0 Å². The van der Waals surface area contributed by atoms with Crippen LogP contribution in [0.3, 0.4) is 0 Å². The summed E-state index contributed by atoms with van der Waals surface area (Å²) in [4.78, 5) is 28.2. The lowest BCUT2D eigenvalue weighted by molar-refractivity contribution is 0.0821. The molecule has 236 valence electrons. The molecule has 0 bridgehead atoms. The molecule has 2 heterocycles. The Hall–Kier alpha value is -5.02. The number of Topliss-reactive ketones (excluding diaryl/α,β-unsaturated/α-hetero) is 2. The van der Waals surface area contributed by atoms with E-state index >= 15 is 0 Å². The summed E-state index contributed by atoms with van der Waals surface area (Å²) in [5, 5.41) is 9.95. The van der Waals surface area contributed by atoms with Crippen LogP contribution in [0.25, 0.3) is 70.8 Å². The molecule has 3 heteroatoms. The highest BCUT2D eigenvalue weighted by Crippen LogP contribution is 2.53. The molecular formula is C46H35NO2. The monoisotopic (exact) mass is 633 g/mol. The first-order chi connectivity index (χ1) is 24.0. The van der Waals surface area contributed by atoms with Crippen molar-refractivity contribution in [1.82, 2.24) is 4.40 Å². The number of rotatable bonds is 1. The molecule has 49 heavy (non-hydrogen) atoms. The number of hydrogen-bond acceptors (Lipinski definition) is 2. The molecule has 0 saturated heterocycles. The summed E-state index contributed by atoms with van der Waals surface area (Å²) in [5.41, 5.74) is 9.72. The van der Waals surface area contributed by atoms with Crippen LogP contribution in [0.15, 0.2) is 91.0 Å². The van der Waals surface area contributed by atoms with Crippen molar-refractivity contribution < 1.29 is 9.59 Å². The zero-order valence-corrected chi connectivity index (χ0v) is 27.5. The highest BCUT2D eigenvalue weighted by atomic mass is 16.1. The molecule has 2 saturated carbocycles. The summed E-state index contributed by atoms with van der Waals surface area (Å²) >= 11 is 0. The van der Waals surface area contributed by atoms with Crippen molar-refractivity contribution in [1.29, 1.82) is 0 Å². The van der Waals surface area contributed by atoms with Gasteiger partial charge in [-0.25, -0.2) is 0 Å². The molecule has 0 aliphatic heterocycles. The Labute approximate surface area is 283 Å². The topological polar surface area (TPSA) is 38.5 Å². The highest BCUT2D eigenvalue weighted by molar-refractivity contribution is 6.27. The van der Waals surface area contributed by atoms with E-state index in [1.54, 1.807) is 0 Å². The maximum absolute atomic E-state index is 14.1. The Balaban J connectivity index is 1.20. The van der Waals surface area contributed by atoms with E-state index in [9.17, 15) is 9.59 Å². The van der Waals surface area contributed by atoms with E-state index in [-0.39, 0.29) is 10.8 Å². The first-order valence-corrected chi connectivity index (χ1v) is 18.4. The second kappa shape index (κ2) is 8.95. The van der Waals surface area contributed by atoms with Gasteiger partial charge in [0.15, 0.2) is 11.6 Å². The SMILES string of the molecule is O=C1c2cc3c(cc2CC12CCCC2)c1cc(-c2cccc4ccc5ccccc5c24)cc2c4cc5c(cc4n3c12)C(=O)C1(CCCC1)C5. The Morgan fingerprint density at radius 2 is 1.04 bits per heavy atom. The fourth-order valence-corrected chi connectivity index (χ4v) is 11.3. The Kier molecular flexibility index (Phi) is 4.91. The third-order valence-electron chi connectivity index (χ3n) is 13.6. The quantitative estimate of drug-likeness (QED) is 0.169. The van der Waals surface area contributed by atoms with Gasteiger partial charge in [-0.2, -0.15) is 0 Å². The van der Waals surface area contributed by atoms with Gasteiger partial charge in [-0.05, 0) is 119 Å². The normalized spacial score (nSPS) is 19.4. The van der Waals surface area contributed by atoms with Crippen LogP contribution in [-0.2, 0) is 12.8 Å². The number of carbonyl (C=O) groups is 2. The standard InChI is InChI=1S/C46H35NO2/c48-43-33-22-39-35(20-29(33)24-45(43)14-3-4-15-45)37-18-28(32-11-7-9-27-13-12-26-8-1-2-10-31(26)41(27)32)19-38-36-21-30-25-46(16-5-6-17-46)44(49)34(30)23-40(36)47(39)42(37)38/h1-2,7-13,18-23H,3-6,14-17,24-25H2. The fraction of sp³-hybridized carbons (Fsp3) is 0.261. The maximum Gasteiger partial charge on any atom is 0.169 e. The molecule has 4 aliphatic rings. The lowest BCUT2D eigenvalue weighted by atomic mass is 9.82. The summed E-state index contributed by atoms with van der Waals surface area (Å²) in [7, 11) is 0. The maximum atomic E-state index is 14.1. The average molecular weight is 634 g/mol. The van der Waals surface area contributed by atoms with Gasteiger partial charge in [0.05, 0.1) is 16.6 Å². The van der Waals surface area contributed by atoms with Crippen LogP contribution in [-0.4, -0.2) is 16.0 Å². The molecule has 0 amide bonds. The molecule has 0 N–H and O–H groups in total. The van der Waals surface area contributed by atoms with E-state index in [1.807, 2.05) is 0 Å². The average Bonchev–Trinajstić information content (AvgIpc) is 3.99. The van der Waals surface area contributed by atoms with Crippen molar-refractivity contribution in [2.45, 2.75) is 64.2 Å². The van der Waals surface area contributed by atoms with Gasteiger partial charge in [0.25, 0.3) is 0 Å². The number of fused-ring (bicyclic) bond motifs is 11. The van der Waals surface area contributed by atoms with Gasteiger partial charge in [-0.3, -0.25) is 9.59 Å². The summed E-state index contributed by atoms with van der Waals surface area (Å²) in [6, 6.07) is 33.8. The van der Waals surface area contributed by atoms with Gasteiger partial charge in [0.1, 0.15) is 0 Å². The van der Waals surface area contributed by atoms with Crippen molar-refractivity contribution in [2.24, 2.45) is 10.8 Å². The van der Waals surface area contributed by atoms with Crippen LogP contribution >= 0.6 is 0 Å². The molecule has 0 radical (unpaired) electrons. The van der Waals surface area contributed by atoms with Crippen LogP contribution in [0.4, 0.5) is 0 Å². The molecule has 2 spiro atoms. The molecule has 2 aromatic heterocycles. The van der Waals surface area contributed by atoms with Crippen molar-refractivity contribution in [2.75, 3.05) is 0 Å². The third-order valence-corrected chi connectivity index (χ3v) is 13.6. The number of ketones is 2. The van der Waals surface area contributed by atoms with E-state index in [0.717, 1.165) is 86.4 Å². The smallest absolute Gasteiger partial charge is 0.169 e. The Morgan fingerprint density at radius 3 is 1.65 bits per heavy atom. The number of nitrogens with zero attached hydrogens (tertiary/aromatic N) is 1. The molecule has 0 unspecified atom stereocenters. The van der Waals surface area contributed by atoms with Crippen LogP contribution in [0.5, 0.6) is 0 Å². The van der Waals surface area contributed by atoms with Crippen LogP contribution < -0.4 is 0 Å². The third kappa shape index (κ3) is 3.25. The van der Waals surface area contributed by atoms with Gasteiger partial charge in [0.2, 0.25) is 0 Å². The predicted octanol–water partition coefficient (Wildman–Crippen LogP) is 11.4. The van der Waals surface area contributed by atoms with E-state index < -0.39 is 0 Å². The zero-order chi connectivity index (χ0) is 32.2. The van der Waals surface area contributed by atoms with Gasteiger partial charge in [-0.1, -0.05) is 80.3 Å². The Morgan fingerprint density at radius 1 is 0.490 bits per heavy atom. The molecule has 0 atom stereocenters. The lowest BCUT2D eigenvalue weighted by Gasteiger charge is -2.19. The van der Waals surface area contributed by atoms with Crippen molar-refractivity contribution in [3.05, 3.63) is 113 Å². The first kappa shape index (κ1) is 26.9. The molecule has 2 fully saturated rings. The summed E-state index contributed by atoms with van der Waals surface area (Å²) in [5.74, 6) is 0.711. The number of benzene rings is 6. The molecule has 3 nitrogen and oxygen atoms in total. The van der Waals surface area contributed by atoms with Crippen molar-refractivity contribution >= 4 is 71.2 Å². The van der Waals surface area contributed by atoms with Gasteiger partial charge < -0.3 is 4.40 Å². The largest absolute Gasteiger partial charge is 0.308 e. The minimum atomic E-state index is -0.205. The Bertz CT molecular complexity index is 2690. The van der Waals surface area contributed by atoms with Crippen molar-refractivity contribution in [3.63, 3.8) is 0 Å².